The summed E-state index contributed by atoms with van der Waals surface area (Å²) in [5.41, 5.74) is 0. The van der Waals surface area contributed by atoms with Crippen LogP contribution in [0.4, 0.5) is 0 Å². The fourth-order valence-electron chi connectivity index (χ4n) is 2.05. The van der Waals surface area contributed by atoms with Gasteiger partial charge in [-0.15, -0.1) is 0 Å². The van der Waals surface area contributed by atoms with E-state index < -0.39 is 0 Å². The minimum absolute atomic E-state index is 0.428. The maximum Gasteiger partial charge on any atom is 0.133 e. The van der Waals surface area contributed by atoms with Crippen LogP contribution in [0.1, 0.15) is 46.0 Å². The average molecular weight is 227 g/mol. The van der Waals surface area contributed by atoms with Crippen molar-refractivity contribution in [2.45, 2.75) is 52.0 Å². The van der Waals surface area contributed by atoms with Gasteiger partial charge in [-0.2, -0.15) is 0 Å². The lowest BCUT2D eigenvalue weighted by atomic mass is 9.93. The lowest BCUT2D eigenvalue weighted by Crippen LogP contribution is -2.24. The summed E-state index contributed by atoms with van der Waals surface area (Å²) < 4.78 is 5.28. The van der Waals surface area contributed by atoms with Crippen molar-refractivity contribution in [3.8, 4) is 0 Å². The van der Waals surface area contributed by atoms with Crippen LogP contribution in [0.3, 0.4) is 0 Å². The molecule has 16 heavy (non-hydrogen) atoms. The predicted octanol–water partition coefficient (Wildman–Crippen LogP) is 2.15. The summed E-state index contributed by atoms with van der Waals surface area (Å²) in [6.45, 7) is 6.89. The van der Waals surface area contributed by atoms with Crippen molar-refractivity contribution in [2.24, 2.45) is 5.92 Å². The molecule has 1 fully saturated rings. The molecule has 0 saturated carbocycles. The van der Waals surface area contributed by atoms with Gasteiger partial charge < -0.3 is 10.1 Å². The van der Waals surface area contributed by atoms with Gasteiger partial charge in [0.15, 0.2) is 0 Å². The number of nitrogens with one attached hydrogen (secondary N) is 1. The Bertz CT molecular complexity index is 198. The maximum absolute atomic E-state index is 11.7. The minimum atomic E-state index is 0.428. The van der Waals surface area contributed by atoms with E-state index in [0.29, 0.717) is 17.7 Å². The van der Waals surface area contributed by atoms with Crippen molar-refractivity contribution < 1.29 is 9.53 Å². The van der Waals surface area contributed by atoms with Crippen LogP contribution in [0, 0.1) is 5.92 Å². The highest BCUT2D eigenvalue weighted by atomic mass is 16.5. The van der Waals surface area contributed by atoms with E-state index >= 15 is 0 Å². The molecular formula is C13H25NO2. The second-order valence-corrected chi connectivity index (χ2v) is 5.01. The molecule has 0 amide bonds. The van der Waals surface area contributed by atoms with Crippen molar-refractivity contribution in [3.63, 3.8) is 0 Å². The van der Waals surface area contributed by atoms with E-state index in [4.69, 9.17) is 4.74 Å². The standard InChI is InChI=1S/C13H25NO2/c1-11(2)14-7-3-4-13(15)10-12-5-8-16-9-6-12/h11-12,14H,3-10H2,1-2H3. The Morgan fingerprint density at radius 3 is 2.69 bits per heavy atom. The number of rotatable bonds is 7. The molecule has 1 N–H and O–H groups in total. The molecule has 1 aliphatic rings. The largest absolute Gasteiger partial charge is 0.381 e. The summed E-state index contributed by atoms with van der Waals surface area (Å²) in [6, 6.07) is 0.519. The molecule has 0 aromatic carbocycles. The first-order chi connectivity index (χ1) is 7.68. The minimum Gasteiger partial charge on any atom is -0.381 e. The Hall–Kier alpha value is -0.410. The normalized spacial score (nSPS) is 17.9. The van der Waals surface area contributed by atoms with Gasteiger partial charge in [0.2, 0.25) is 0 Å². The molecule has 3 heteroatoms. The Labute approximate surface area is 98.9 Å². The van der Waals surface area contributed by atoms with Crippen molar-refractivity contribution in [1.82, 2.24) is 5.32 Å². The third-order valence-corrected chi connectivity index (χ3v) is 3.04. The van der Waals surface area contributed by atoms with Gasteiger partial charge in [-0.05, 0) is 31.7 Å². The van der Waals surface area contributed by atoms with Gasteiger partial charge in [0.05, 0.1) is 0 Å². The third-order valence-electron chi connectivity index (χ3n) is 3.04. The van der Waals surface area contributed by atoms with Crippen molar-refractivity contribution in [3.05, 3.63) is 0 Å². The average Bonchev–Trinajstić information content (AvgIpc) is 2.25. The molecule has 1 saturated heterocycles. The smallest absolute Gasteiger partial charge is 0.133 e. The fourth-order valence-corrected chi connectivity index (χ4v) is 2.05. The highest BCUT2D eigenvalue weighted by molar-refractivity contribution is 5.78. The Kier molecular flexibility index (Phi) is 6.65. The molecule has 1 heterocycles. The van der Waals surface area contributed by atoms with E-state index in [1.54, 1.807) is 0 Å². The molecule has 1 aliphatic heterocycles. The number of hydrogen-bond donors (Lipinski definition) is 1. The molecule has 0 aromatic heterocycles. The second-order valence-electron chi connectivity index (χ2n) is 5.01. The molecule has 3 nitrogen and oxygen atoms in total. The molecular weight excluding hydrogens is 202 g/mol. The SMILES string of the molecule is CC(C)NCCCC(=O)CC1CCOCC1. The highest BCUT2D eigenvalue weighted by Crippen LogP contribution is 2.19. The lowest BCUT2D eigenvalue weighted by molar-refractivity contribution is -0.120. The molecule has 0 radical (unpaired) electrons. The Balaban J connectivity index is 2.01. The number of carbonyl (C=O) groups is 1. The summed E-state index contributed by atoms with van der Waals surface area (Å²) in [4.78, 5) is 11.7. The van der Waals surface area contributed by atoms with E-state index in [1.165, 1.54) is 0 Å². The topological polar surface area (TPSA) is 38.3 Å². The van der Waals surface area contributed by atoms with E-state index in [9.17, 15) is 4.79 Å². The van der Waals surface area contributed by atoms with Crippen molar-refractivity contribution in [2.75, 3.05) is 19.8 Å². The first-order valence-electron chi connectivity index (χ1n) is 6.51. The number of ketones is 1. The van der Waals surface area contributed by atoms with E-state index in [2.05, 4.69) is 19.2 Å². The maximum atomic E-state index is 11.7. The van der Waals surface area contributed by atoms with Gasteiger partial charge in [-0.3, -0.25) is 4.79 Å². The third kappa shape index (κ3) is 6.23. The van der Waals surface area contributed by atoms with Crippen LogP contribution in [0.25, 0.3) is 0 Å². The number of ether oxygens (including phenoxy) is 1. The van der Waals surface area contributed by atoms with Crippen LogP contribution in [-0.4, -0.2) is 31.6 Å². The van der Waals surface area contributed by atoms with Gasteiger partial charge in [0, 0.05) is 32.1 Å². The first kappa shape index (κ1) is 13.7. The predicted molar refractivity (Wildman–Crippen MR) is 65.5 cm³/mol. The molecule has 0 aromatic rings. The van der Waals surface area contributed by atoms with Crippen LogP contribution >= 0.6 is 0 Å². The van der Waals surface area contributed by atoms with Gasteiger partial charge in [-0.1, -0.05) is 13.8 Å². The zero-order chi connectivity index (χ0) is 11.8. The van der Waals surface area contributed by atoms with Crippen LogP contribution in [0.2, 0.25) is 0 Å². The number of hydrogen-bond acceptors (Lipinski definition) is 3. The molecule has 0 aliphatic carbocycles. The molecule has 94 valence electrons. The monoisotopic (exact) mass is 227 g/mol. The van der Waals surface area contributed by atoms with Gasteiger partial charge >= 0.3 is 0 Å². The van der Waals surface area contributed by atoms with Crippen LogP contribution < -0.4 is 5.32 Å². The summed E-state index contributed by atoms with van der Waals surface area (Å²) in [7, 11) is 0. The number of carbonyl (C=O) groups excluding carboxylic acids is 1. The Morgan fingerprint density at radius 1 is 1.38 bits per heavy atom. The molecule has 1 rings (SSSR count). The fraction of sp³-hybridized carbons (Fsp3) is 0.923. The lowest BCUT2D eigenvalue weighted by Gasteiger charge is -2.21. The molecule has 0 spiro atoms. The van der Waals surface area contributed by atoms with Crippen molar-refractivity contribution >= 4 is 5.78 Å². The molecule has 0 unspecified atom stereocenters. The Morgan fingerprint density at radius 2 is 2.06 bits per heavy atom. The highest BCUT2D eigenvalue weighted by Gasteiger charge is 2.16. The quantitative estimate of drug-likeness (QED) is 0.677. The molecule has 0 bridgehead atoms. The van der Waals surface area contributed by atoms with Crippen LogP contribution in [-0.2, 0) is 9.53 Å². The van der Waals surface area contributed by atoms with Gasteiger partial charge in [-0.25, -0.2) is 0 Å². The zero-order valence-corrected chi connectivity index (χ0v) is 10.6. The van der Waals surface area contributed by atoms with E-state index in [-0.39, 0.29) is 0 Å². The number of Topliss-reactive ketones (excluding diaryl/α,β-unsaturated/α-hetero) is 1. The summed E-state index contributed by atoms with van der Waals surface area (Å²) >= 11 is 0. The summed E-state index contributed by atoms with van der Waals surface area (Å²) in [5, 5.41) is 3.33. The van der Waals surface area contributed by atoms with Crippen LogP contribution in [0.15, 0.2) is 0 Å². The van der Waals surface area contributed by atoms with E-state index in [0.717, 1.165) is 51.9 Å². The second kappa shape index (κ2) is 7.80. The van der Waals surface area contributed by atoms with E-state index in [1.807, 2.05) is 0 Å². The van der Waals surface area contributed by atoms with Crippen molar-refractivity contribution in [1.29, 1.82) is 0 Å². The zero-order valence-electron chi connectivity index (χ0n) is 10.6. The van der Waals surface area contributed by atoms with Gasteiger partial charge in [0.1, 0.15) is 5.78 Å². The summed E-state index contributed by atoms with van der Waals surface area (Å²) in [6.07, 6.45) is 4.61. The summed E-state index contributed by atoms with van der Waals surface area (Å²) in [5.74, 6) is 1.01. The van der Waals surface area contributed by atoms with Crippen LogP contribution in [0.5, 0.6) is 0 Å². The van der Waals surface area contributed by atoms with Gasteiger partial charge in [0.25, 0.3) is 0 Å². The molecule has 0 atom stereocenters. The first-order valence-corrected chi connectivity index (χ1v) is 6.51.